The van der Waals surface area contributed by atoms with E-state index in [9.17, 15) is 9.59 Å². The van der Waals surface area contributed by atoms with Crippen molar-refractivity contribution in [1.82, 2.24) is 19.7 Å². The molecule has 0 aliphatic heterocycles. The largest absolute Gasteiger partial charge is 0.475 e. The van der Waals surface area contributed by atoms with E-state index in [2.05, 4.69) is 15.1 Å². The summed E-state index contributed by atoms with van der Waals surface area (Å²) in [6.45, 7) is 0. The lowest BCUT2D eigenvalue weighted by Crippen LogP contribution is -2.15. The maximum absolute atomic E-state index is 11.7. The molecule has 2 heterocycles. The highest BCUT2D eigenvalue weighted by Crippen LogP contribution is 2.11. The van der Waals surface area contributed by atoms with Gasteiger partial charge in [-0.2, -0.15) is 4.68 Å². The van der Waals surface area contributed by atoms with Gasteiger partial charge in [-0.25, -0.2) is 9.59 Å². The number of carboxylic acid groups (broad SMARTS) is 1. The highest BCUT2D eigenvalue weighted by Gasteiger charge is 2.12. The maximum Gasteiger partial charge on any atom is 0.373 e. The fourth-order valence-electron chi connectivity index (χ4n) is 2.09. The molecule has 2 N–H and O–H groups in total. The Morgan fingerprint density at radius 3 is 2.32 bits per heavy atom. The molecule has 0 amide bonds. The van der Waals surface area contributed by atoms with E-state index in [1.807, 2.05) is 24.3 Å². The molecule has 3 aromatic rings. The number of nitrogens with one attached hydrogen (secondary N) is 1. The molecule has 7 heteroatoms. The Morgan fingerprint density at radius 1 is 1.09 bits per heavy atom. The monoisotopic (exact) mass is 296 g/mol. The van der Waals surface area contributed by atoms with Gasteiger partial charge in [0.25, 0.3) is 0 Å². The Morgan fingerprint density at radius 2 is 1.73 bits per heavy atom. The first-order valence-electron chi connectivity index (χ1n) is 6.54. The van der Waals surface area contributed by atoms with Crippen molar-refractivity contribution in [1.29, 1.82) is 0 Å². The Labute approximate surface area is 124 Å². The van der Waals surface area contributed by atoms with Gasteiger partial charge in [0.05, 0.1) is 5.69 Å². The summed E-state index contributed by atoms with van der Waals surface area (Å²) in [6.07, 6.45) is 4.22. The molecule has 2 aromatic heterocycles. The smallest absolute Gasteiger partial charge is 0.373 e. The van der Waals surface area contributed by atoms with Crippen molar-refractivity contribution < 1.29 is 9.90 Å². The minimum Gasteiger partial charge on any atom is -0.475 e. The molecule has 0 unspecified atom stereocenters. The molecule has 0 spiro atoms. The van der Waals surface area contributed by atoms with Crippen LogP contribution < -0.4 is 5.69 Å². The van der Waals surface area contributed by atoms with Gasteiger partial charge >= 0.3 is 11.7 Å². The fraction of sp³-hybridized carbons (Fsp3) is 0.0667. The first-order chi connectivity index (χ1) is 10.6. The lowest BCUT2D eigenvalue weighted by molar-refractivity contribution is 0.0683. The van der Waals surface area contributed by atoms with Crippen LogP contribution in [0.3, 0.4) is 0 Å². The van der Waals surface area contributed by atoms with Crippen molar-refractivity contribution in [3.8, 4) is 5.69 Å². The zero-order valence-corrected chi connectivity index (χ0v) is 11.4. The van der Waals surface area contributed by atoms with E-state index < -0.39 is 11.7 Å². The van der Waals surface area contributed by atoms with Gasteiger partial charge in [0.2, 0.25) is 5.82 Å². The standard InChI is InChI=1S/C15H12N4O3/c20-14(21)13-17-15(22)19(18-13)12-3-1-10(2-4-12)9-11-5-7-16-8-6-11/h1-8H,9H2,(H,20,21)(H,17,18,22). The number of hydrogen-bond acceptors (Lipinski definition) is 4. The third-order valence-corrected chi connectivity index (χ3v) is 3.16. The highest BCUT2D eigenvalue weighted by atomic mass is 16.4. The van der Waals surface area contributed by atoms with Gasteiger partial charge in [0.1, 0.15) is 0 Å². The SMILES string of the molecule is O=C(O)c1nn(-c2ccc(Cc3ccncc3)cc2)c(=O)[nH]1. The predicted octanol–water partition coefficient (Wildman–Crippen LogP) is 1.24. The minimum absolute atomic E-state index is 0.383. The van der Waals surface area contributed by atoms with Crippen LogP contribution in [0.1, 0.15) is 21.7 Å². The van der Waals surface area contributed by atoms with E-state index in [0.29, 0.717) is 5.69 Å². The molecular weight excluding hydrogens is 284 g/mol. The van der Waals surface area contributed by atoms with Crippen LogP contribution in [0.2, 0.25) is 0 Å². The van der Waals surface area contributed by atoms with Crippen LogP contribution in [-0.2, 0) is 6.42 Å². The summed E-state index contributed by atoms with van der Waals surface area (Å²) in [4.78, 5) is 28.7. The molecule has 0 atom stereocenters. The second-order valence-corrected chi connectivity index (χ2v) is 4.69. The first-order valence-corrected chi connectivity index (χ1v) is 6.54. The van der Waals surface area contributed by atoms with E-state index in [1.54, 1.807) is 24.5 Å². The first kappa shape index (κ1) is 13.7. The summed E-state index contributed by atoms with van der Waals surface area (Å²) in [5.74, 6) is -1.66. The quantitative estimate of drug-likeness (QED) is 0.754. The number of pyridine rings is 1. The average molecular weight is 296 g/mol. The number of H-pyrrole nitrogens is 1. The summed E-state index contributed by atoms with van der Waals surface area (Å²) in [5.41, 5.74) is 2.12. The molecule has 1 aromatic carbocycles. The third kappa shape index (κ3) is 2.78. The van der Waals surface area contributed by atoms with Gasteiger partial charge in [-0.1, -0.05) is 12.1 Å². The van der Waals surface area contributed by atoms with Crippen molar-refractivity contribution in [2.24, 2.45) is 0 Å². The van der Waals surface area contributed by atoms with E-state index in [4.69, 9.17) is 5.11 Å². The Balaban J connectivity index is 1.85. The molecule has 0 saturated heterocycles. The van der Waals surface area contributed by atoms with Crippen molar-refractivity contribution in [2.75, 3.05) is 0 Å². The molecule has 7 nitrogen and oxygen atoms in total. The molecule has 110 valence electrons. The van der Waals surface area contributed by atoms with E-state index in [1.165, 1.54) is 0 Å². The lowest BCUT2D eigenvalue weighted by Gasteiger charge is -2.03. The van der Waals surface area contributed by atoms with Gasteiger partial charge < -0.3 is 5.11 Å². The van der Waals surface area contributed by atoms with Gasteiger partial charge in [-0.3, -0.25) is 9.97 Å². The average Bonchev–Trinajstić information content (AvgIpc) is 2.91. The van der Waals surface area contributed by atoms with E-state index in [-0.39, 0.29) is 5.82 Å². The lowest BCUT2D eigenvalue weighted by atomic mass is 10.1. The number of aromatic nitrogens is 4. The number of carboxylic acids is 1. The van der Waals surface area contributed by atoms with Crippen LogP contribution in [-0.4, -0.2) is 30.8 Å². The summed E-state index contributed by atoms with van der Waals surface area (Å²) >= 11 is 0. The van der Waals surface area contributed by atoms with Gasteiger partial charge in [0, 0.05) is 12.4 Å². The third-order valence-electron chi connectivity index (χ3n) is 3.16. The number of aromatic amines is 1. The Bertz CT molecular complexity index is 850. The number of rotatable bonds is 4. The van der Waals surface area contributed by atoms with Crippen LogP contribution in [0.25, 0.3) is 5.69 Å². The normalized spacial score (nSPS) is 10.5. The van der Waals surface area contributed by atoms with E-state index >= 15 is 0 Å². The molecule has 0 aliphatic carbocycles. The molecular formula is C15H12N4O3. The minimum atomic E-state index is -1.27. The molecule has 0 fully saturated rings. The molecule has 22 heavy (non-hydrogen) atoms. The molecule has 0 saturated carbocycles. The van der Waals surface area contributed by atoms with Crippen LogP contribution >= 0.6 is 0 Å². The summed E-state index contributed by atoms with van der Waals surface area (Å²) in [7, 11) is 0. The maximum atomic E-state index is 11.7. The molecule has 3 rings (SSSR count). The topological polar surface area (TPSA) is 101 Å². The summed E-state index contributed by atoms with van der Waals surface area (Å²) in [6, 6.07) is 11.1. The molecule has 0 bridgehead atoms. The van der Waals surface area contributed by atoms with Gasteiger partial charge in [-0.05, 0) is 41.8 Å². The number of hydrogen-bond donors (Lipinski definition) is 2. The highest BCUT2D eigenvalue weighted by molar-refractivity contribution is 5.82. The van der Waals surface area contributed by atoms with E-state index in [0.717, 1.165) is 22.2 Å². The van der Waals surface area contributed by atoms with Crippen LogP contribution in [0, 0.1) is 0 Å². The van der Waals surface area contributed by atoms with Crippen LogP contribution in [0.15, 0.2) is 53.6 Å². The zero-order valence-electron chi connectivity index (χ0n) is 11.4. The van der Waals surface area contributed by atoms with Gasteiger partial charge in [-0.15, -0.1) is 5.10 Å². The molecule has 0 radical (unpaired) electrons. The van der Waals surface area contributed by atoms with Crippen molar-refractivity contribution in [3.63, 3.8) is 0 Å². The van der Waals surface area contributed by atoms with Crippen LogP contribution in [0.4, 0.5) is 0 Å². The second-order valence-electron chi connectivity index (χ2n) is 4.69. The number of aromatic carboxylic acids is 1. The van der Waals surface area contributed by atoms with Gasteiger partial charge in [0.15, 0.2) is 0 Å². The summed E-state index contributed by atoms with van der Waals surface area (Å²) in [5, 5.41) is 12.6. The summed E-state index contributed by atoms with van der Waals surface area (Å²) < 4.78 is 1.03. The number of benzene rings is 1. The van der Waals surface area contributed by atoms with Crippen molar-refractivity contribution >= 4 is 5.97 Å². The van der Waals surface area contributed by atoms with Crippen molar-refractivity contribution in [3.05, 3.63) is 76.2 Å². The van der Waals surface area contributed by atoms with Crippen molar-refractivity contribution in [2.45, 2.75) is 6.42 Å². The number of nitrogens with zero attached hydrogens (tertiary/aromatic N) is 3. The number of carbonyl (C=O) groups is 1. The predicted molar refractivity (Wildman–Crippen MR) is 78.2 cm³/mol. The Hall–Kier alpha value is -3.22. The Kier molecular flexibility index (Phi) is 3.53. The fourth-order valence-corrected chi connectivity index (χ4v) is 2.09. The molecule has 0 aliphatic rings. The second kappa shape index (κ2) is 5.65. The zero-order chi connectivity index (χ0) is 15.5. The van der Waals surface area contributed by atoms with Crippen LogP contribution in [0.5, 0.6) is 0 Å².